The van der Waals surface area contributed by atoms with Gasteiger partial charge >= 0.3 is 0 Å². The molecule has 10 nitrogen and oxygen atoms in total. The summed E-state index contributed by atoms with van der Waals surface area (Å²) in [5.74, 6) is 1.43. The molecule has 12 heteroatoms. The molecule has 0 spiro atoms. The van der Waals surface area contributed by atoms with Gasteiger partial charge in [0.15, 0.2) is 22.5 Å². The topological polar surface area (TPSA) is 111 Å². The maximum atomic E-state index is 13.7. The number of carbonyl (C=O) groups excluding carboxylic acids is 2. The van der Waals surface area contributed by atoms with Crippen LogP contribution in [0, 0.1) is 6.92 Å². The minimum Gasteiger partial charge on any atom is -0.493 e. The average molecular weight is 664 g/mol. The van der Waals surface area contributed by atoms with Crippen LogP contribution in [-0.4, -0.2) is 57.3 Å². The van der Waals surface area contributed by atoms with Crippen LogP contribution in [0.5, 0.6) is 11.5 Å². The highest BCUT2D eigenvalue weighted by Crippen LogP contribution is 2.42. The lowest BCUT2D eigenvalue weighted by molar-refractivity contribution is -0.130. The van der Waals surface area contributed by atoms with Gasteiger partial charge in [-0.3, -0.25) is 9.59 Å². The maximum absolute atomic E-state index is 13.7. The number of ether oxygens (including phenoxy) is 2. The van der Waals surface area contributed by atoms with Gasteiger partial charge in [0.1, 0.15) is 0 Å². The summed E-state index contributed by atoms with van der Waals surface area (Å²) in [6, 6.07) is 20.5. The number of halogens is 1. The van der Waals surface area contributed by atoms with E-state index in [0.29, 0.717) is 34.5 Å². The number of hydrazone groups is 1. The third kappa shape index (κ3) is 6.75. The molecule has 0 fully saturated rings. The number of hydrogen-bond donors (Lipinski definition) is 1. The first-order valence-corrected chi connectivity index (χ1v) is 15.3. The molecule has 3 aromatic carbocycles. The van der Waals surface area contributed by atoms with Crippen LogP contribution in [-0.2, 0) is 18.4 Å². The highest BCUT2D eigenvalue weighted by Gasteiger charge is 2.35. The molecule has 0 saturated carbocycles. The van der Waals surface area contributed by atoms with Crippen LogP contribution in [0.2, 0.25) is 0 Å². The van der Waals surface area contributed by atoms with Crippen LogP contribution in [0.1, 0.15) is 45.3 Å². The minimum absolute atomic E-state index is 0.0848. The Balaban J connectivity index is 1.32. The molecule has 2 amide bonds. The predicted octanol–water partition coefficient (Wildman–Crippen LogP) is 5.30. The first-order chi connectivity index (χ1) is 20.8. The van der Waals surface area contributed by atoms with Crippen molar-refractivity contribution in [3.63, 3.8) is 0 Å². The number of aromatic nitrogens is 3. The van der Waals surface area contributed by atoms with E-state index in [-0.39, 0.29) is 30.2 Å². The summed E-state index contributed by atoms with van der Waals surface area (Å²) >= 11 is 4.74. The molecule has 4 aromatic rings. The van der Waals surface area contributed by atoms with Gasteiger partial charge in [-0.05, 0) is 42.8 Å². The van der Waals surface area contributed by atoms with Crippen molar-refractivity contribution in [1.82, 2.24) is 25.1 Å². The van der Waals surface area contributed by atoms with Crippen LogP contribution in [0.3, 0.4) is 0 Å². The summed E-state index contributed by atoms with van der Waals surface area (Å²) in [4.78, 5) is 26.3. The summed E-state index contributed by atoms with van der Waals surface area (Å²) in [6.45, 7) is 2.14. The number of carbonyl (C=O) groups is 2. The molecular formula is C31H31BrN6O4S. The lowest BCUT2D eigenvalue weighted by Crippen LogP contribution is -2.29. The lowest BCUT2D eigenvalue weighted by atomic mass is 9.97. The van der Waals surface area contributed by atoms with E-state index in [2.05, 4.69) is 31.4 Å². The molecule has 0 bridgehead atoms. The Kier molecular flexibility index (Phi) is 9.46. The number of thioether (sulfide) groups is 1. The standard InChI is InChI=1S/C31H31BrN6O4S/c1-19-7-5-8-21(15-19)30(40)33-17-27-34-35-31(37(27)2)43-18-28(39)38-25(23-9-6-10-26(41-3)29(23)42-4)16-24(36-38)20-11-13-22(32)14-12-20/h5-15,25H,16-18H2,1-4H3,(H,33,40)/t25-/m0/s1. The number of amides is 2. The largest absolute Gasteiger partial charge is 0.493 e. The van der Waals surface area contributed by atoms with Crippen molar-refractivity contribution in [2.24, 2.45) is 12.1 Å². The van der Waals surface area contributed by atoms with Crippen molar-refractivity contribution in [2.75, 3.05) is 20.0 Å². The number of aryl methyl sites for hydroxylation is 1. The van der Waals surface area contributed by atoms with E-state index in [1.54, 1.807) is 24.9 Å². The second kappa shape index (κ2) is 13.4. The van der Waals surface area contributed by atoms with Gasteiger partial charge in [0.2, 0.25) is 0 Å². The Labute approximate surface area is 262 Å². The Hall–Kier alpha value is -4.16. The van der Waals surface area contributed by atoms with Crippen LogP contribution >= 0.6 is 27.7 Å². The van der Waals surface area contributed by atoms with Crippen molar-refractivity contribution >= 4 is 45.2 Å². The summed E-state index contributed by atoms with van der Waals surface area (Å²) in [5, 5.41) is 18.2. The van der Waals surface area contributed by atoms with Crippen LogP contribution in [0.15, 0.2) is 81.5 Å². The smallest absolute Gasteiger partial charge is 0.253 e. The Morgan fingerprint density at radius 2 is 1.81 bits per heavy atom. The maximum Gasteiger partial charge on any atom is 0.253 e. The zero-order chi connectivity index (χ0) is 30.5. The van der Waals surface area contributed by atoms with E-state index >= 15 is 0 Å². The SMILES string of the molecule is COc1cccc([C@@H]2CC(c3ccc(Br)cc3)=NN2C(=O)CSc2nnc(CNC(=O)c3cccc(C)c3)n2C)c1OC. The van der Waals surface area contributed by atoms with Crippen molar-refractivity contribution in [1.29, 1.82) is 0 Å². The Bertz CT molecular complexity index is 1670. The highest BCUT2D eigenvalue weighted by atomic mass is 79.9. The number of hydrogen-bond acceptors (Lipinski definition) is 8. The van der Waals surface area contributed by atoms with E-state index in [9.17, 15) is 9.59 Å². The van der Waals surface area contributed by atoms with Gasteiger partial charge in [0, 0.05) is 29.1 Å². The normalized spacial score (nSPS) is 14.4. The molecule has 0 unspecified atom stereocenters. The third-order valence-corrected chi connectivity index (χ3v) is 8.61. The fourth-order valence-electron chi connectivity index (χ4n) is 4.84. The van der Waals surface area contributed by atoms with Crippen molar-refractivity contribution in [3.05, 3.63) is 99.3 Å². The molecule has 222 valence electrons. The van der Waals surface area contributed by atoms with Gasteiger partial charge in [-0.1, -0.05) is 69.7 Å². The molecule has 1 aliphatic rings. The zero-order valence-corrected chi connectivity index (χ0v) is 26.6. The van der Waals surface area contributed by atoms with Crippen molar-refractivity contribution in [3.8, 4) is 11.5 Å². The third-order valence-electron chi connectivity index (χ3n) is 7.07. The Morgan fingerprint density at radius 1 is 1.05 bits per heavy atom. The van der Waals surface area contributed by atoms with E-state index in [0.717, 1.165) is 26.9 Å². The molecule has 1 N–H and O–H groups in total. The number of nitrogens with zero attached hydrogens (tertiary/aromatic N) is 5. The fourth-order valence-corrected chi connectivity index (χ4v) is 5.89. The van der Waals surface area contributed by atoms with Gasteiger partial charge in [-0.2, -0.15) is 5.10 Å². The van der Waals surface area contributed by atoms with E-state index in [1.165, 1.54) is 16.8 Å². The molecule has 1 aliphatic heterocycles. The number of methoxy groups -OCH3 is 2. The number of rotatable bonds is 10. The molecule has 0 radical (unpaired) electrons. The molecule has 0 aliphatic carbocycles. The van der Waals surface area contributed by atoms with Gasteiger partial charge in [-0.25, -0.2) is 5.01 Å². The molecule has 0 saturated heterocycles. The molecular weight excluding hydrogens is 632 g/mol. The first kappa shape index (κ1) is 30.3. The first-order valence-electron chi connectivity index (χ1n) is 13.5. The van der Waals surface area contributed by atoms with Crippen LogP contribution < -0.4 is 14.8 Å². The van der Waals surface area contributed by atoms with E-state index < -0.39 is 0 Å². The molecule has 1 aromatic heterocycles. The summed E-state index contributed by atoms with van der Waals surface area (Å²) in [5.41, 5.74) is 4.13. The Morgan fingerprint density at radius 3 is 2.53 bits per heavy atom. The monoisotopic (exact) mass is 662 g/mol. The van der Waals surface area contributed by atoms with Crippen LogP contribution in [0.4, 0.5) is 0 Å². The summed E-state index contributed by atoms with van der Waals surface area (Å²) in [7, 11) is 4.98. The van der Waals surface area contributed by atoms with Gasteiger partial charge in [-0.15, -0.1) is 10.2 Å². The molecule has 43 heavy (non-hydrogen) atoms. The second-order valence-corrected chi connectivity index (χ2v) is 11.8. The highest BCUT2D eigenvalue weighted by molar-refractivity contribution is 9.10. The molecule has 1 atom stereocenters. The average Bonchev–Trinajstić information content (AvgIpc) is 3.62. The minimum atomic E-state index is -0.385. The predicted molar refractivity (Wildman–Crippen MR) is 169 cm³/mol. The number of para-hydroxylation sites is 1. The van der Waals surface area contributed by atoms with Gasteiger partial charge < -0.3 is 19.4 Å². The van der Waals surface area contributed by atoms with Crippen molar-refractivity contribution in [2.45, 2.75) is 31.1 Å². The summed E-state index contributed by atoms with van der Waals surface area (Å²) < 4.78 is 14.0. The lowest BCUT2D eigenvalue weighted by Gasteiger charge is -2.24. The number of nitrogens with one attached hydrogen (secondary N) is 1. The van der Waals surface area contributed by atoms with Gasteiger partial charge in [0.25, 0.3) is 11.8 Å². The molecule has 2 heterocycles. The van der Waals surface area contributed by atoms with Crippen LogP contribution in [0.25, 0.3) is 0 Å². The second-order valence-electron chi connectivity index (χ2n) is 9.89. The van der Waals surface area contributed by atoms with E-state index in [4.69, 9.17) is 14.6 Å². The fraction of sp³-hybridized carbons (Fsp3) is 0.258. The zero-order valence-electron chi connectivity index (χ0n) is 24.2. The summed E-state index contributed by atoms with van der Waals surface area (Å²) in [6.07, 6.45) is 0.510. The molecule has 5 rings (SSSR count). The van der Waals surface area contributed by atoms with E-state index in [1.807, 2.05) is 74.6 Å². The van der Waals surface area contributed by atoms with Crippen molar-refractivity contribution < 1.29 is 19.1 Å². The number of benzene rings is 3. The quantitative estimate of drug-likeness (QED) is 0.229. The van der Waals surface area contributed by atoms with Gasteiger partial charge in [0.05, 0.1) is 38.3 Å².